The zero-order valence-corrected chi connectivity index (χ0v) is 12.1. The maximum absolute atomic E-state index is 13.1. The van der Waals surface area contributed by atoms with Gasteiger partial charge in [-0.05, 0) is 48.9 Å². The van der Waals surface area contributed by atoms with Crippen LogP contribution in [0.4, 0.5) is 4.39 Å². The minimum Gasteiger partial charge on any atom is -0.485 e. The van der Waals surface area contributed by atoms with Gasteiger partial charge >= 0.3 is 0 Å². The summed E-state index contributed by atoms with van der Waals surface area (Å²) >= 11 is 11.7. The Hall–Kier alpha value is -1.58. The largest absolute Gasteiger partial charge is 0.485 e. The maximum atomic E-state index is 13.1. The number of rotatable bonds is 4. The van der Waals surface area contributed by atoms with Crippen LogP contribution in [0.2, 0.25) is 10.0 Å². The third kappa shape index (κ3) is 3.50. The summed E-state index contributed by atoms with van der Waals surface area (Å²) in [6, 6.07) is 8.93. The number of benzene rings is 2. The van der Waals surface area contributed by atoms with E-state index in [1.54, 1.807) is 19.1 Å². The van der Waals surface area contributed by atoms with Crippen molar-refractivity contribution in [3.05, 3.63) is 63.4 Å². The van der Waals surface area contributed by atoms with E-state index in [0.29, 0.717) is 21.9 Å². The fraction of sp³-hybridized carbons (Fsp3) is 0.133. The molecule has 0 fully saturated rings. The molecule has 0 atom stereocenters. The quantitative estimate of drug-likeness (QED) is 0.765. The zero-order valence-electron chi connectivity index (χ0n) is 10.6. The van der Waals surface area contributed by atoms with E-state index in [1.165, 1.54) is 24.3 Å². The first-order chi connectivity index (χ1) is 9.47. The van der Waals surface area contributed by atoms with Gasteiger partial charge in [0, 0.05) is 10.6 Å². The third-order valence-corrected chi connectivity index (χ3v) is 3.28. The first-order valence-corrected chi connectivity index (χ1v) is 6.60. The Balaban J connectivity index is 2.06. The van der Waals surface area contributed by atoms with E-state index in [0.717, 1.165) is 0 Å². The summed E-state index contributed by atoms with van der Waals surface area (Å²) in [5.41, 5.74) is 0.800. The Morgan fingerprint density at radius 2 is 1.95 bits per heavy atom. The van der Waals surface area contributed by atoms with Crippen LogP contribution in [0.5, 0.6) is 5.75 Å². The van der Waals surface area contributed by atoms with Crippen LogP contribution in [0.15, 0.2) is 36.4 Å². The van der Waals surface area contributed by atoms with E-state index in [4.69, 9.17) is 27.9 Å². The van der Waals surface area contributed by atoms with Crippen molar-refractivity contribution in [2.75, 3.05) is 6.61 Å². The van der Waals surface area contributed by atoms with Crippen molar-refractivity contribution in [3.8, 4) is 5.75 Å². The summed E-state index contributed by atoms with van der Waals surface area (Å²) in [6.45, 7) is 1.45. The van der Waals surface area contributed by atoms with Crippen molar-refractivity contribution in [1.82, 2.24) is 0 Å². The Morgan fingerprint density at radius 3 is 2.60 bits per heavy atom. The van der Waals surface area contributed by atoms with Gasteiger partial charge < -0.3 is 4.74 Å². The molecule has 0 aliphatic carbocycles. The second-order valence-corrected chi connectivity index (χ2v) is 5.09. The molecule has 2 nitrogen and oxygen atoms in total. The average Bonchev–Trinajstić information content (AvgIpc) is 2.40. The van der Waals surface area contributed by atoms with Crippen molar-refractivity contribution >= 4 is 29.0 Å². The SMILES string of the molecule is Cc1cc(OCC(=O)c2ccc(Cl)cc2Cl)ccc1F. The molecule has 0 aromatic heterocycles. The molecule has 0 aliphatic rings. The predicted octanol–water partition coefficient (Wildman–Crippen LogP) is 4.70. The summed E-state index contributed by atoms with van der Waals surface area (Å²) in [4.78, 5) is 12.0. The van der Waals surface area contributed by atoms with Crippen molar-refractivity contribution in [1.29, 1.82) is 0 Å². The maximum Gasteiger partial charge on any atom is 0.201 e. The lowest BCUT2D eigenvalue weighted by Gasteiger charge is -2.08. The molecule has 0 saturated heterocycles. The molecular formula is C15H11Cl2FO2. The molecule has 2 aromatic rings. The number of hydrogen-bond donors (Lipinski definition) is 0. The van der Waals surface area contributed by atoms with Crippen LogP contribution in [0.3, 0.4) is 0 Å². The number of Topliss-reactive ketones (excluding diaryl/α,β-unsaturated/α-hetero) is 1. The van der Waals surface area contributed by atoms with Crippen LogP contribution in [0.1, 0.15) is 15.9 Å². The minimum absolute atomic E-state index is 0.174. The van der Waals surface area contributed by atoms with E-state index >= 15 is 0 Å². The summed E-state index contributed by atoms with van der Waals surface area (Å²) in [7, 11) is 0. The van der Waals surface area contributed by atoms with Gasteiger partial charge in [0.1, 0.15) is 11.6 Å². The van der Waals surface area contributed by atoms with Crippen LogP contribution >= 0.6 is 23.2 Å². The van der Waals surface area contributed by atoms with E-state index in [1.807, 2.05) is 0 Å². The Bertz CT molecular complexity index is 656. The first kappa shape index (κ1) is 14.8. The highest BCUT2D eigenvalue weighted by molar-refractivity contribution is 6.36. The Labute approximate surface area is 126 Å². The number of hydrogen-bond acceptors (Lipinski definition) is 2. The molecule has 20 heavy (non-hydrogen) atoms. The molecule has 2 aromatic carbocycles. The molecule has 0 N–H and O–H groups in total. The van der Waals surface area contributed by atoms with Gasteiger partial charge in [-0.3, -0.25) is 4.79 Å². The van der Waals surface area contributed by atoms with Gasteiger partial charge in [0.05, 0.1) is 5.02 Å². The van der Waals surface area contributed by atoms with Crippen LogP contribution in [-0.2, 0) is 0 Å². The Kier molecular flexibility index (Phi) is 4.63. The molecule has 104 valence electrons. The lowest BCUT2D eigenvalue weighted by Crippen LogP contribution is -2.12. The first-order valence-electron chi connectivity index (χ1n) is 5.84. The summed E-state index contributed by atoms with van der Waals surface area (Å²) < 4.78 is 18.4. The molecular weight excluding hydrogens is 302 g/mol. The zero-order chi connectivity index (χ0) is 14.7. The second-order valence-electron chi connectivity index (χ2n) is 4.25. The van der Waals surface area contributed by atoms with Crippen LogP contribution < -0.4 is 4.74 Å². The van der Waals surface area contributed by atoms with Gasteiger partial charge in [-0.25, -0.2) is 4.39 Å². The number of halogens is 3. The van der Waals surface area contributed by atoms with Gasteiger partial charge in [-0.1, -0.05) is 23.2 Å². The van der Waals surface area contributed by atoms with Crippen molar-refractivity contribution < 1.29 is 13.9 Å². The van der Waals surface area contributed by atoms with E-state index in [2.05, 4.69) is 0 Å². The normalized spacial score (nSPS) is 10.4. The van der Waals surface area contributed by atoms with Crippen LogP contribution in [0.25, 0.3) is 0 Å². The van der Waals surface area contributed by atoms with Gasteiger partial charge in [0.2, 0.25) is 5.78 Å². The number of carbonyl (C=O) groups excluding carboxylic acids is 1. The minimum atomic E-state index is -0.315. The molecule has 0 radical (unpaired) electrons. The Morgan fingerprint density at radius 1 is 1.20 bits per heavy atom. The van der Waals surface area contributed by atoms with Gasteiger partial charge in [0.25, 0.3) is 0 Å². The summed E-state index contributed by atoms with van der Waals surface area (Å²) in [5.74, 6) is -0.152. The molecule has 0 heterocycles. The highest BCUT2D eigenvalue weighted by atomic mass is 35.5. The topological polar surface area (TPSA) is 26.3 Å². The van der Waals surface area contributed by atoms with Gasteiger partial charge in [-0.2, -0.15) is 0 Å². The third-order valence-electron chi connectivity index (χ3n) is 2.73. The number of ether oxygens (including phenoxy) is 1. The highest BCUT2D eigenvalue weighted by Crippen LogP contribution is 2.22. The molecule has 0 unspecified atom stereocenters. The van der Waals surface area contributed by atoms with Crippen molar-refractivity contribution in [2.45, 2.75) is 6.92 Å². The monoisotopic (exact) mass is 312 g/mol. The molecule has 5 heteroatoms. The van der Waals surface area contributed by atoms with Crippen molar-refractivity contribution in [2.24, 2.45) is 0 Å². The average molecular weight is 313 g/mol. The molecule has 0 amide bonds. The molecule has 0 aliphatic heterocycles. The van der Waals surface area contributed by atoms with E-state index in [9.17, 15) is 9.18 Å². The van der Waals surface area contributed by atoms with E-state index in [-0.39, 0.29) is 23.2 Å². The lowest BCUT2D eigenvalue weighted by molar-refractivity contribution is 0.0921. The van der Waals surface area contributed by atoms with Crippen LogP contribution in [0, 0.1) is 12.7 Å². The number of carbonyl (C=O) groups is 1. The standard InChI is InChI=1S/C15H11Cl2FO2/c1-9-6-11(3-5-14(9)18)20-8-15(19)12-4-2-10(16)7-13(12)17/h2-7H,8H2,1H3. The molecule has 0 saturated carbocycles. The van der Waals surface area contributed by atoms with Gasteiger partial charge in [0.15, 0.2) is 6.61 Å². The molecule has 2 rings (SSSR count). The van der Waals surface area contributed by atoms with Crippen molar-refractivity contribution in [3.63, 3.8) is 0 Å². The molecule has 0 spiro atoms. The fourth-order valence-electron chi connectivity index (χ4n) is 1.65. The van der Waals surface area contributed by atoms with Gasteiger partial charge in [-0.15, -0.1) is 0 Å². The summed E-state index contributed by atoms with van der Waals surface area (Å²) in [5, 5.41) is 0.739. The molecule has 0 bridgehead atoms. The highest BCUT2D eigenvalue weighted by Gasteiger charge is 2.12. The summed E-state index contributed by atoms with van der Waals surface area (Å²) in [6.07, 6.45) is 0. The second kappa shape index (κ2) is 6.25. The fourth-order valence-corrected chi connectivity index (χ4v) is 2.16. The number of ketones is 1. The number of aryl methyl sites for hydroxylation is 1. The predicted molar refractivity (Wildman–Crippen MR) is 77.4 cm³/mol. The van der Waals surface area contributed by atoms with Crippen LogP contribution in [-0.4, -0.2) is 12.4 Å². The smallest absolute Gasteiger partial charge is 0.201 e. The van der Waals surface area contributed by atoms with E-state index < -0.39 is 0 Å². The lowest BCUT2D eigenvalue weighted by atomic mass is 10.1.